The molecule has 32 heavy (non-hydrogen) atoms. The molecule has 2 aliphatic rings. The van der Waals surface area contributed by atoms with Crippen molar-refractivity contribution in [3.8, 4) is 0 Å². The molecule has 166 valence electrons. The lowest BCUT2D eigenvalue weighted by molar-refractivity contribution is -0.118. The van der Waals surface area contributed by atoms with Crippen molar-refractivity contribution in [1.29, 1.82) is 0 Å². The predicted octanol–water partition coefficient (Wildman–Crippen LogP) is 3.03. The molecular formula is C23H25N5O4. The average molecular weight is 435 g/mol. The van der Waals surface area contributed by atoms with Crippen molar-refractivity contribution in [3.05, 3.63) is 47.5 Å². The van der Waals surface area contributed by atoms with Crippen LogP contribution in [0.15, 0.2) is 30.7 Å². The van der Waals surface area contributed by atoms with Crippen LogP contribution in [0.25, 0.3) is 5.65 Å². The zero-order valence-corrected chi connectivity index (χ0v) is 18.1. The highest BCUT2D eigenvalue weighted by Crippen LogP contribution is 2.35. The molecule has 3 aromatic heterocycles. The van der Waals surface area contributed by atoms with Crippen LogP contribution in [0.2, 0.25) is 0 Å². The molecule has 9 heteroatoms. The van der Waals surface area contributed by atoms with Crippen molar-refractivity contribution >= 4 is 34.7 Å². The summed E-state index contributed by atoms with van der Waals surface area (Å²) in [6.45, 7) is 5.38. The van der Waals surface area contributed by atoms with Crippen molar-refractivity contribution in [3.63, 3.8) is 0 Å². The fourth-order valence-corrected chi connectivity index (χ4v) is 4.37. The number of ether oxygens (including phenoxy) is 2. The number of nitrogens with one attached hydrogen (secondary N) is 1. The smallest absolute Gasteiger partial charge is 0.356 e. The van der Waals surface area contributed by atoms with E-state index in [1.165, 1.54) is 6.20 Å². The second kappa shape index (κ2) is 8.23. The van der Waals surface area contributed by atoms with Gasteiger partial charge in [-0.25, -0.2) is 14.8 Å². The van der Waals surface area contributed by atoms with Gasteiger partial charge in [-0.3, -0.25) is 9.20 Å². The molecule has 0 radical (unpaired) electrons. The molecule has 9 nitrogen and oxygen atoms in total. The molecule has 5 rings (SSSR count). The van der Waals surface area contributed by atoms with Crippen LogP contribution in [-0.4, -0.2) is 52.1 Å². The van der Waals surface area contributed by atoms with Crippen LogP contribution in [0.4, 0.5) is 17.2 Å². The van der Waals surface area contributed by atoms with Crippen LogP contribution in [0.3, 0.4) is 0 Å². The predicted molar refractivity (Wildman–Crippen MR) is 118 cm³/mol. The highest BCUT2D eigenvalue weighted by atomic mass is 16.5. The highest BCUT2D eigenvalue weighted by molar-refractivity contribution is 6.02. The van der Waals surface area contributed by atoms with Crippen LogP contribution in [0.5, 0.6) is 0 Å². The summed E-state index contributed by atoms with van der Waals surface area (Å²) in [7, 11) is 0. The Morgan fingerprint density at radius 1 is 1.25 bits per heavy atom. The van der Waals surface area contributed by atoms with Gasteiger partial charge < -0.3 is 19.7 Å². The molecule has 0 spiro atoms. The van der Waals surface area contributed by atoms with E-state index in [-0.39, 0.29) is 11.9 Å². The Kier molecular flexibility index (Phi) is 5.26. The number of fused-ring (bicyclic) bond motifs is 2. The van der Waals surface area contributed by atoms with Gasteiger partial charge in [-0.15, -0.1) is 0 Å². The van der Waals surface area contributed by atoms with E-state index in [2.05, 4.69) is 15.3 Å². The van der Waals surface area contributed by atoms with Gasteiger partial charge in [0.15, 0.2) is 5.69 Å². The number of anilines is 3. The molecule has 5 heterocycles. The van der Waals surface area contributed by atoms with Gasteiger partial charge in [0.1, 0.15) is 11.5 Å². The van der Waals surface area contributed by atoms with Gasteiger partial charge in [-0.2, -0.15) is 0 Å². The summed E-state index contributed by atoms with van der Waals surface area (Å²) < 4.78 is 12.3. The van der Waals surface area contributed by atoms with Gasteiger partial charge in [-0.05, 0) is 38.3 Å². The number of pyridine rings is 2. The summed E-state index contributed by atoms with van der Waals surface area (Å²) in [5.74, 6) is 0.327. The number of aromatic nitrogens is 3. The van der Waals surface area contributed by atoms with E-state index in [9.17, 15) is 9.59 Å². The van der Waals surface area contributed by atoms with E-state index >= 15 is 0 Å². The van der Waals surface area contributed by atoms with Crippen LogP contribution in [-0.2, 0) is 20.7 Å². The Bertz CT molecular complexity index is 1200. The first-order valence-electron chi connectivity index (χ1n) is 10.9. The zero-order valence-electron chi connectivity index (χ0n) is 18.1. The summed E-state index contributed by atoms with van der Waals surface area (Å²) in [6.07, 6.45) is 7.15. The topological polar surface area (TPSA) is 98.1 Å². The molecule has 1 fully saturated rings. The van der Waals surface area contributed by atoms with Crippen molar-refractivity contribution in [2.75, 3.05) is 30.0 Å². The number of nitrogens with zero attached hydrogens (tertiary/aromatic N) is 4. The molecule has 0 unspecified atom stereocenters. The second-order valence-corrected chi connectivity index (χ2v) is 8.07. The van der Waals surface area contributed by atoms with Gasteiger partial charge >= 0.3 is 5.97 Å². The third-order valence-corrected chi connectivity index (χ3v) is 5.99. The molecule has 1 N–H and O–H groups in total. The Morgan fingerprint density at radius 3 is 2.84 bits per heavy atom. The number of aryl methyl sites for hydroxylation is 1. The molecule has 3 aromatic rings. The Labute approximate surface area is 185 Å². The fourth-order valence-electron chi connectivity index (χ4n) is 4.37. The van der Waals surface area contributed by atoms with Crippen LogP contribution in [0.1, 0.15) is 41.4 Å². The minimum Gasteiger partial charge on any atom is -0.461 e. The van der Waals surface area contributed by atoms with Crippen molar-refractivity contribution in [2.24, 2.45) is 0 Å². The molecule has 0 bridgehead atoms. The average Bonchev–Trinajstić information content (AvgIpc) is 3.34. The lowest BCUT2D eigenvalue weighted by Gasteiger charge is -2.31. The van der Waals surface area contributed by atoms with E-state index in [1.807, 2.05) is 30.2 Å². The minimum absolute atomic E-state index is 0.112. The van der Waals surface area contributed by atoms with Crippen molar-refractivity contribution < 1.29 is 19.1 Å². The number of esters is 1. The third-order valence-electron chi connectivity index (χ3n) is 5.99. The lowest BCUT2D eigenvalue weighted by Crippen LogP contribution is -2.41. The van der Waals surface area contributed by atoms with Gasteiger partial charge in [0.2, 0.25) is 5.91 Å². The minimum atomic E-state index is -0.420. The van der Waals surface area contributed by atoms with E-state index in [0.29, 0.717) is 43.4 Å². The number of carbonyl (C=O) groups is 2. The number of rotatable bonds is 5. The van der Waals surface area contributed by atoms with Crippen LogP contribution >= 0.6 is 0 Å². The molecule has 0 aliphatic carbocycles. The first-order valence-corrected chi connectivity index (χ1v) is 10.9. The zero-order chi connectivity index (χ0) is 22.2. The quantitative estimate of drug-likeness (QED) is 0.615. The van der Waals surface area contributed by atoms with Gasteiger partial charge in [0.25, 0.3) is 0 Å². The normalized spacial score (nSPS) is 16.4. The maximum Gasteiger partial charge on any atom is 0.356 e. The van der Waals surface area contributed by atoms with Crippen molar-refractivity contribution in [1.82, 2.24) is 14.4 Å². The largest absolute Gasteiger partial charge is 0.461 e. The second-order valence-electron chi connectivity index (χ2n) is 8.07. The Hall–Kier alpha value is -3.46. The van der Waals surface area contributed by atoms with E-state index in [1.54, 1.807) is 17.5 Å². The van der Waals surface area contributed by atoms with Gasteiger partial charge in [-0.1, -0.05) is 0 Å². The summed E-state index contributed by atoms with van der Waals surface area (Å²) >= 11 is 0. The molecule has 0 aromatic carbocycles. The number of hydrogen-bond donors (Lipinski definition) is 1. The van der Waals surface area contributed by atoms with E-state index < -0.39 is 5.97 Å². The van der Waals surface area contributed by atoms with Crippen LogP contribution < -0.4 is 10.2 Å². The summed E-state index contributed by atoms with van der Waals surface area (Å²) in [4.78, 5) is 35.7. The maximum absolute atomic E-state index is 12.7. The lowest BCUT2D eigenvalue weighted by atomic mass is 10.1. The van der Waals surface area contributed by atoms with Crippen molar-refractivity contribution in [2.45, 2.75) is 39.2 Å². The monoisotopic (exact) mass is 435 g/mol. The Morgan fingerprint density at radius 2 is 2.06 bits per heavy atom. The van der Waals surface area contributed by atoms with Gasteiger partial charge in [0.05, 0.1) is 30.6 Å². The molecule has 0 saturated carbocycles. The number of hydrogen-bond acceptors (Lipinski definition) is 7. The van der Waals surface area contributed by atoms with E-state index in [4.69, 9.17) is 9.47 Å². The van der Waals surface area contributed by atoms with E-state index in [0.717, 1.165) is 35.3 Å². The molecular weight excluding hydrogens is 410 g/mol. The SMILES string of the molecule is CCOC(=O)c1cnc2cc(C)c(Nc3cc4c(cn3)CC(=O)N4C3CCOCC3)cn12. The standard InChI is InChI=1S/C23H25N5O4/c1-3-32-23(30)19-12-25-21-8-14(2)17(13-27(19)21)26-20-10-18-15(11-24-20)9-22(29)28(18)16-4-6-31-7-5-16/h8,10-13,16H,3-7,9H2,1-2H3,(H,24,26). The number of amides is 1. The summed E-state index contributed by atoms with van der Waals surface area (Å²) in [5, 5.41) is 3.35. The molecule has 1 amide bonds. The summed E-state index contributed by atoms with van der Waals surface area (Å²) in [6, 6.07) is 3.99. The third kappa shape index (κ3) is 3.58. The number of imidazole rings is 1. The molecule has 2 aliphatic heterocycles. The number of carbonyl (C=O) groups excluding carboxylic acids is 2. The fraction of sp³-hybridized carbons (Fsp3) is 0.391. The molecule has 0 atom stereocenters. The maximum atomic E-state index is 12.7. The van der Waals surface area contributed by atoms with Crippen LogP contribution in [0, 0.1) is 6.92 Å². The Balaban J connectivity index is 1.46. The first kappa shape index (κ1) is 20.4. The highest BCUT2D eigenvalue weighted by Gasteiger charge is 2.34. The summed E-state index contributed by atoms with van der Waals surface area (Å²) in [5.41, 5.74) is 4.62. The first-order chi connectivity index (χ1) is 15.5. The molecule has 1 saturated heterocycles. The van der Waals surface area contributed by atoms with Gasteiger partial charge in [0, 0.05) is 43.3 Å².